The molecule has 0 bridgehead atoms. The molecule has 102 valence electrons. The van der Waals surface area contributed by atoms with Gasteiger partial charge in [-0.15, -0.1) is 0 Å². The van der Waals surface area contributed by atoms with E-state index in [1.54, 1.807) is 12.1 Å². The maximum atomic E-state index is 8.82. The molecular weight excluding hydrogens is 272 g/mol. The first kappa shape index (κ1) is 13.2. The predicted octanol–water partition coefficient (Wildman–Crippen LogP) is 2.71. The Kier molecular flexibility index (Phi) is 3.72. The summed E-state index contributed by atoms with van der Waals surface area (Å²) < 4.78 is 2.01. The van der Waals surface area contributed by atoms with E-state index in [0.29, 0.717) is 23.2 Å². The number of benzene rings is 1. The number of nitrogens with zero attached hydrogens (tertiary/aromatic N) is 3. The molecule has 0 atom stereocenters. The molecule has 1 N–H and O–H groups in total. The zero-order valence-electron chi connectivity index (χ0n) is 11.0. The highest BCUT2D eigenvalue weighted by Gasteiger charge is 2.20. The van der Waals surface area contributed by atoms with Crippen LogP contribution in [0.1, 0.15) is 29.7 Å². The highest BCUT2D eigenvalue weighted by atomic mass is 35.5. The molecule has 0 spiro atoms. The normalized spacial score (nSPS) is 14.2. The molecule has 0 amide bonds. The summed E-state index contributed by atoms with van der Waals surface area (Å²) in [5, 5.41) is 12.9. The van der Waals surface area contributed by atoms with E-state index in [1.165, 1.54) is 12.8 Å². The van der Waals surface area contributed by atoms with Gasteiger partial charge >= 0.3 is 0 Å². The minimum atomic E-state index is 0.582. The SMILES string of the molecule is N#Cc1ccc(Cn2cnc(CNC3CC3)c2)c(Cl)c1. The highest BCUT2D eigenvalue weighted by Crippen LogP contribution is 2.20. The lowest BCUT2D eigenvalue weighted by atomic mass is 10.1. The lowest BCUT2D eigenvalue weighted by Crippen LogP contribution is -2.15. The molecule has 0 aliphatic heterocycles. The van der Waals surface area contributed by atoms with Crippen molar-refractivity contribution in [2.75, 3.05) is 0 Å². The third-order valence-corrected chi connectivity index (χ3v) is 3.72. The number of imidazole rings is 1. The van der Waals surface area contributed by atoms with Crippen LogP contribution in [0, 0.1) is 11.3 Å². The second-order valence-electron chi connectivity index (χ2n) is 5.11. The zero-order chi connectivity index (χ0) is 13.9. The minimum Gasteiger partial charge on any atom is -0.333 e. The van der Waals surface area contributed by atoms with Gasteiger partial charge in [0, 0.05) is 30.4 Å². The van der Waals surface area contributed by atoms with E-state index in [0.717, 1.165) is 17.8 Å². The number of aromatic nitrogens is 2. The first-order valence-corrected chi connectivity index (χ1v) is 7.05. The van der Waals surface area contributed by atoms with Crippen molar-refractivity contribution in [2.24, 2.45) is 0 Å². The summed E-state index contributed by atoms with van der Waals surface area (Å²) in [6.07, 6.45) is 6.41. The van der Waals surface area contributed by atoms with Gasteiger partial charge in [0.25, 0.3) is 0 Å². The van der Waals surface area contributed by atoms with Crippen LogP contribution in [0.5, 0.6) is 0 Å². The monoisotopic (exact) mass is 286 g/mol. The van der Waals surface area contributed by atoms with E-state index in [2.05, 4.69) is 16.4 Å². The van der Waals surface area contributed by atoms with Crippen LogP contribution in [-0.2, 0) is 13.1 Å². The Hall–Kier alpha value is -1.83. The first-order chi connectivity index (χ1) is 9.74. The van der Waals surface area contributed by atoms with E-state index in [4.69, 9.17) is 16.9 Å². The fourth-order valence-electron chi connectivity index (χ4n) is 2.06. The average Bonchev–Trinajstić information content (AvgIpc) is 3.18. The molecule has 2 aromatic rings. The van der Waals surface area contributed by atoms with Gasteiger partial charge in [0.15, 0.2) is 0 Å². The molecule has 20 heavy (non-hydrogen) atoms. The Labute approximate surface area is 123 Å². The van der Waals surface area contributed by atoms with Crippen LogP contribution in [-0.4, -0.2) is 15.6 Å². The van der Waals surface area contributed by atoms with Gasteiger partial charge in [-0.05, 0) is 30.5 Å². The number of nitriles is 1. The summed E-state index contributed by atoms with van der Waals surface area (Å²) in [4.78, 5) is 4.38. The van der Waals surface area contributed by atoms with Gasteiger partial charge in [0.2, 0.25) is 0 Å². The maximum absolute atomic E-state index is 8.82. The lowest BCUT2D eigenvalue weighted by Gasteiger charge is -2.05. The molecular formula is C15H15ClN4. The van der Waals surface area contributed by atoms with E-state index in [-0.39, 0.29) is 0 Å². The van der Waals surface area contributed by atoms with Gasteiger partial charge in [-0.25, -0.2) is 4.98 Å². The fourth-order valence-corrected chi connectivity index (χ4v) is 2.30. The minimum absolute atomic E-state index is 0.582. The largest absolute Gasteiger partial charge is 0.333 e. The lowest BCUT2D eigenvalue weighted by molar-refractivity contribution is 0.676. The molecule has 1 aromatic heterocycles. The van der Waals surface area contributed by atoms with Crippen LogP contribution < -0.4 is 5.32 Å². The molecule has 0 unspecified atom stereocenters. The van der Waals surface area contributed by atoms with E-state index in [9.17, 15) is 0 Å². The van der Waals surface area contributed by atoms with Crippen molar-refractivity contribution in [3.63, 3.8) is 0 Å². The number of hydrogen-bond donors (Lipinski definition) is 1. The van der Waals surface area contributed by atoms with E-state index >= 15 is 0 Å². The van der Waals surface area contributed by atoms with Crippen molar-refractivity contribution in [1.82, 2.24) is 14.9 Å². The van der Waals surface area contributed by atoms with Gasteiger partial charge in [-0.1, -0.05) is 17.7 Å². The van der Waals surface area contributed by atoms with Crippen molar-refractivity contribution in [2.45, 2.75) is 32.0 Å². The smallest absolute Gasteiger partial charge is 0.0992 e. The van der Waals surface area contributed by atoms with Crippen molar-refractivity contribution >= 4 is 11.6 Å². The molecule has 1 aliphatic rings. The summed E-state index contributed by atoms with van der Waals surface area (Å²) in [5.41, 5.74) is 2.62. The standard InChI is InChI=1S/C15H15ClN4/c16-15-5-11(6-17)1-2-12(15)8-20-9-14(19-10-20)7-18-13-3-4-13/h1-2,5,9-10,13,18H,3-4,7-8H2. The van der Waals surface area contributed by atoms with Crippen LogP contribution in [0.2, 0.25) is 5.02 Å². The molecule has 0 saturated heterocycles. The Bertz CT molecular complexity index is 652. The second-order valence-corrected chi connectivity index (χ2v) is 5.52. The molecule has 1 saturated carbocycles. The van der Waals surface area contributed by atoms with E-state index < -0.39 is 0 Å². The van der Waals surface area contributed by atoms with Crippen LogP contribution >= 0.6 is 11.6 Å². The van der Waals surface area contributed by atoms with Crippen molar-refractivity contribution in [1.29, 1.82) is 5.26 Å². The molecule has 4 nitrogen and oxygen atoms in total. The Balaban J connectivity index is 1.66. The molecule has 1 aromatic carbocycles. The van der Waals surface area contributed by atoms with Crippen molar-refractivity contribution in [3.05, 3.63) is 52.6 Å². The topological polar surface area (TPSA) is 53.6 Å². The summed E-state index contributed by atoms with van der Waals surface area (Å²) in [6.45, 7) is 1.49. The van der Waals surface area contributed by atoms with Crippen molar-refractivity contribution < 1.29 is 0 Å². The number of nitrogens with one attached hydrogen (secondary N) is 1. The quantitative estimate of drug-likeness (QED) is 0.919. The van der Waals surface area contributed by atoms with Crippen LogP contribution in [0.3, 0.4) is 0 Å². The van der Waals surface area contributed by atoms with Crippen LogP contribution in [0.25, 0.3) is 0 Å². The average molecular weight is 287 g/mol. The van der Waals surface area contributed by atoms with Crippen LogP contribution in [0.15, 0.2) is 30.7 Å². The van der Waals surface area contributed by atoms with Gasteiger partial charge in [0.1, 0.15) is 0 Å². The van der Waals surface area contributed by atoms with Crippen LogP contribution in [0.4, 0.5) is 0 Å². The number of hydrogen-bond acceptors (Lipinski definition) is 3. The van der Waals surface area contributed by atoms with Gasteiger partial charge in [0.05, 0.1) is 23.7 Å². The predicted molar refractivity (Wildman–Crippen MR) is 77.4 cm³/mol. The molecule has 1 heterocycles. The summed E-state index contributed by atoms with van der Waals surface area (Å²) in [5.74, 6) is 0. The Morgan fingerprint density at radius 3 is 3.00 bits per heavy atom. The van der Waals surface area contributed by atoms with Gasteiger partial charge in [-0.3, -0.25) is 0 Å². The summed E-state index contributed by atoms with van der Waals surface area (Å²) in [6, 6.07) is 8.15. The third kappa shape index (κ3) is 3.19. The Morgan fingerprint density at radius 2 is 2.30 bits per heavy atom. The zero-order valence-corrected chi connectivity index (χ0v) is 11.8. The second kappa shape index (κ2) is 5.66. The molecule has 1 fully saturated rings. The molecule has 1 aliphatic carbocycles. The number of rotatable bonds is 5. The molecule has 0 radical (unpaired) electrons. The summed E-state index contributed by atoms with van der Waals surface area (Å²) >= 11 is 6.18. The van der Waals surface area contributed by atoms with Gasteiger partial charge in [-0.2, -0.15) is 5.26 Å². The van der Waals surface area contributed by atoms with E-state index in [1.807, 2.05) is 23.2 Å². The fraction of sp³-hybridized carbons (Fsp3) is 0.333. The third-order valence-electron chi connectivity index (χ3n) is 3.37. The summed E-state index contributed by atoms with van der Waals surface area (Å²) in [7, 11) is 0. The maximum Gasteiger partial charge on any atom is 0.0992 e. The first-order valence-electron chi connectivity index (χ1n) is 6.67. The number of halogens is 1. The van der Waals surface area contributed by atoms with Gasteiger partial charge < -0.3 is 9.88 Å². The highest BCUT2D eigenvalue weighted by molar-refractivity contribution is 6.31. The molecule has 5 heteroatoms. The Morgan fingerprint density at radius 1 is 1.45 bits per heavy atom. The molecule has 3 rings (SSSR count). The van der Waals surface area contributed by atoms with Crippen molar-refractivity contribution in [3.8, 4) is 6.07 Å².